The average molecular weight is 292 g/mol. The number of carbonyl (C=O) groups is 1. The Kier molecular flexibility index (Phi) is 5.34. The van der Waals surface area contributed by atoms with Gasteiger partial charge in [-0.15, -0.1) is 0 Å². The third kappa shape index (κ3) is 4.15. The highest BCUT2D eigenvalue weighted by Gasteiger charge is 2.36. The second-order valence-electron chi connectivity index (χ2n) is 5.80. The number of hydrogen-bond donors (Lipinski definition) is 1. The highest BCUT2D eigenvalue weighted by Crippen LogP contribution is 2.25. The highest BCUT2D eigenvalue weighted by atomic mass is 32.2. The van der Waals surface area contributed by atoms with Crippen molar-refractivity contribution in [1.82, 2.24) is 8.61 Å². The molecule has 0 saturated carbocycles. The van der Waals surface area contributed by atoms with E-state index in [-0.39, 0.29) is 6.04 Å². The fourth-order valence-electron chi connectivity index (χ4n) is 2.61. The Labute approximate surface area is 115 Å². The molecule has 0 amide bonds. The third-order valence-electron chi connectivity index (χ3n) is 3.33. The van der Waals surface area contributed by atoms with Crippen molar-refractivity contribution in [2.24, 2.45) is 11.8 Å². The predicted molar refractivity (Wildman–Crippen MR) is 72.9 cm³/mol. The molecule has 0 aromatic rings. The molecule has 0 spiro atoms. The molecule has 2 unspecified atom stereocenters. The van der Waals surface area contributed by atoms with Crippen molar-refractivity contribution < 1.29 is 18.3 Å². The smallest absolute Gasteiger partial charge is 0.318 e. The van der Waals surface area contributed by atoms with E-state index in [9.17, 15) is 13.2 Å². The van der Waals surface area contributed by atoms with Gasteiger partial charge in [-0.3, -0.25) is 4.79 Å². The number of hydrogen-bond acceptors (Lipinski definition) is 3. The summed E-state index contributed by atoms with van der Waals surface area (Å²) >= 11 is 0. The van der Waals surface area contributed by atoms with E-state index in [1.165, 1.54) is 4.31 Å². The Morgan fingerprint density at radius 1 is 1.32 bits per heavy atom. The molecule has 7 heteroatoms. The minimum Gasteiger partial charge on any atom is -0.480 e. The molecule has 1 aliphatic heterocycles. The first-order valence-electron chi connectivity index (χ1n) is 6.63. The lowest BCUT2D eigenvalue weighted by Gasteiger charge is -2.37. The van der Waals surface area contributed by atoms with Gasteiger partial charge >= 0.3 is 5.97 Å². The molecular formula is C12H24N2O4S. The molecule has 0 aromatic heterocycles. The van der Waals surface area contributed by atoms with E-state index in [4.69, 9.17) is 5.11 Å². The molecule has 1 aliphatic rings. The van der Waals surface area contributed by atoms with Gasteiger partial charge < -0.3 is 5.11 Å². The third-order valence-corrected chi connectivity index (χ3v) is 5.42. The standard InChI is InChI=1S/C12H24N2O4S/c1-9(2)14(8-12(15)16)19(17,18)13-6-10(3)5-11(4)7-13/h9-11H,5-8H2,1-4H3,(H,15,16). The van der Waals surface area contributed by atoms with Crippen molar-refractivity contribution >= 4 is 16.2 Å². The monoisotopic (exact) mass is 292 g/mol. The molecule has 1 N–H and O–H groups in total. The lowest BCUT2D eigenvalue weighted by Crippen LogP contribution is -2.52. The Morgan fingerprint density at radius 3 is 2.16 bits per heavy atom. The normalized spacial score (nSPS) is 26.0. The van der Waals surface area contributed by atoms with E-state index in [0.29, 0.717) is 24.9 Å². The molecule has 1 saturated heterocycles. The van der Waals surface area contributed by atoms with E-state index in [1.54, 1.807) is 13.8 Å². The van der Waals surface area contributed by atoms with Gasteiger partial charge in [0.2, 0.25) is 0 Å². The van der Waals surface area contributed by atoms with Crippen LogP contribution in [0.25, 0.3) is 0 Å². The van der Waals surface area contributed by atoms with Crippen molar-refractivity contribution in [2.75, 3.05) is 19.6 Å². The van der Waals surface area contributed by atoms with Gasteiger partial charge in [-0.1, -0.05) is 13.8 Å². The van der Waals surface area contributed by atoms with Crippen LogP contribution in [-0.4, -0.2) is 53.8 Å². The van der Waals surface area contributed by atoms with Crippen molar-refractivity contribution in [3.8, 4) is 0 Å². The van der Waals surface area contributed by atoms with Gasteiger partial charge in [0.05, 0.1) is 0 Å². The van der Waals surface area contributed by atoms with Crippen LogP contribution < -0.4 is 0 Å². The minimum atomic E-state index is -3.70. The van der Waals surface area contributed by atoms with Gasteiger partial charge in [-0.05, 0) is 32.1 Å². The van der Waals surface area contributed by atoms with E-state index in [0.717, 1.165) is 10.7 Å². The van der Waals surface area contributed by atoms with Gasteiger partial charge in [0.1, 0.15) is 6.54 Å². The summed E-state index contributed by atoms with van der Waals surface area (Å²) < 4.78 is 27.6. The van der Waals surface area contributed by atoms with Crippen LogP contribution in [0, 0.1) is 11.8 Å². The molecule has 0 bridgehead atoms. The summed E-state index contributed by atoms with van der Waals surface area (Å²) in [6.45, 7) is 7.88. The number of piperidine rings is 1. The van der Waals surface area contributed by atoms with E-state index in [1.807, 2.05) is 13.8 Å². The number of carboxylic acids is 1. The second-order valence-corrected chi connectivity index (χ2v) is 7.68. The molecule has 0 aromatic carbocycles. The molecule has 6 nitrogen and oxygen atoms in total. The van der Waals surface area contributed by atoms with Crippen LogP contribution in [0.1, 0.15) is 34.1 Å². The van der Waals surface area contributed by atoms with E-state index < -0.39 is 22.7 Å². The Hall–Kier alpha value is -0.660. The first-order valence-corrected chi connectivity index (χ1v) is 8.03. The molecule has 0 aliphatic carbocycles. The fourth-order valence-corrected chi connectivity index (χ4v) is 4.60. The quantitative estimate of drug-likeness (QED) is 0.820. The largest absolute Gasteiger partial charge is 0.480 e. The number of carboxylic acid groups (broad SMARTS) is 1. The van der Waals surface area contributed by atoms with E-state index >= 15 is 0 Å². The Bertz CT molecular complexity index is 411. The first-order chi connectivity index (χ1) is 8.64. The van der Waals surface area contributed by atoms with Crippen LogP contribution in [0.3, 0.4) is 0 Å². The van der Waals surface area contributed by atoms with Gasteiger partial charge in [-0.25, -0.2) is 0 Å². The van der Waals surface area contributed by atoms with Crippen molar-refractivity contribution in [2.45, 2.75) is 40.2 Å². The maximum atomic E-state index is 12.5. The van der Waals surface area contributed by atoms with Crippen LogP contribution in [-0.2, 0) is 15.0 Å². The summed E-state index contributed by atoms with van der Waals surface area (Å²) in [5.41, 5.74) is 0. The summed E-state index contributed by atoms with van der Waals surface area (Å²) in [7, 11) is -3.70. The lowest BCUT2D eigenvalue weighted by atomic mass is 9.94. The van der Waals surface area contributed by atoms with Crippen LogP contribution >= 0.6 is 0 Å². The van der Waals surface area contributed by atoms with Gasteiger partial charge in [-0.2, -0.15) is 17.0 Å². The lowest BCUT2D eigenvalue weighted by molar-refractivity contribution is -0.137. The minimum absolute atomic E-state index is 0.303. The van der Waals surface area contributed by atoms with Crippen LogP contribution in [0.4, 0.5) is 0 Å². The molecule has 112 valence electrons. The van der Waals surface area contributed by atoms with Gasteiger partial charge in [0.15, 0.2) is 0 Å². The van der Waals surface area contributed by atoms with Gasteiger partial charge in [0.25, 0.3) is 10.2 Å². The van der Waals surface area contributed by atoms with Crippen LogP contribution in [0.2, 0.25) is 0 Å². The van der Waals surface area contributed by atoms with E-state index in [2.05, 4.69) is 0 Å². The summed E-state index contributed by atoms with van der Waals surface area (Å²) in [5, 5.41) is 8.87. The van der Waals surface area contributed by atoms with Crippen molar-refractivity contribution in [1.29, 1.82) is 0 Å². The zero-order valence-corrected chi connectivity index (χ0v) is 12.9. The van der Waals surface area contributed by atoms with Crippen LogP contribution in [0.5, 0.6) is 0 Å². The predicted octanol–water partition coefficient (Wildman–Crippen LogP) is 1.00. The summed E-state index contributed by atoms with van der Waals surface area (Å²) in [5.74, 6) is -0.523. The fraction of sp³-hybridized carbons (Fsp3) is 0.917. The SMILES string of the molecule is CC1CC(C)CN(S(=O)(=O)N(CC(=O)O)C(C)C)C1. The summed E-state index contributed by atoms with van der Waals surface area (Å²) in [6, 6.07) is -0.367. The maximum absolute atomic E-state index is 12.5. The molecule has 0 radical (unpaired) electrons. The highest BCUT2D eigenvalue weighted by molar-refractivity contribution is 7.86. The Balaban J connectivity index is 2.96. The molecule has 1 fully saturated rings. The van der Waals surface area contributed by atoms with Crippen molar-refractivity contribution in [3.63, 3.8) is 0 Å². The van der Waals surface area contributed by atoms with Crippen LogP contribution in [0.15, 0.2) is 0 Å². The zero-order chi connectivity index (χ0) is 14.8. The molecule has 2 atom stereocenters. The topological polar surface area (TPSA) is 77.9 Å². The zero-order valence-electron chi connectivity index (χ0n) is 12.0. The second kappa shape index (κ2) is 6.19. The summed E-state index contributed by atoms with van der Waals surface area (Å²) in [6.07, 6.45) is 1.01. The summed E-state index contributed by atoms with van der Waals surface area (Å²) in [4.78, 5) is 10.8. The molecule has 19 heavy (non-hydrogen) atoms. The Morgan fingerprint density at radius 2 is 1.79 bits per heavy atom. The first kappa shape index (κ1) is 16.4. The van der Waals surface area contributed by atoms with Crippen molar-refractivity contribution in [3.05, 3.63) is 0 Å². The molecular weight excluding hydrogens is 268 g/mol. The molecule has 1 rings (SSSR count). The average Bonchev–Trinajstić information content (AvgIpc) is 2.23. The maximum Gasteiger partial charge on any atom is 0.318 e. The number of nitrogens with zero attached hydrogens (tertiary/aromatic N) is 2. The van der Waals surface area contributed by atoms with Gasteiger partial charge in [0, 0.05) is 19.1 Å². The number of aliphatic carboxylic acids is 1. The molecule has 1 heterocycles. The number of rotatable bonds is 5.